The maximum atomic E-state index is 13.5. The summed E-state index contributed by atoms with van der Waals surface area (Å²) in [6.45, 7) is 3.51. The summed E-state index contributed by atoms with van der Waals surface area (Å²) >= 11 is 5.84. The van der Waals surface area contributed by atoms with Gasteiger partial charge in [0.15, 0.2) is 0 Å². The van der Waals surface area contributed by atoms with E-state index in [0.717, 1.165) is 5.75 Å². The number of carbonyl (C=O) groups is 2. The monoisotopic (exact) mass is 380 g/mol. The molecule has 9 heteroatoms. The van der Waals surface area contributed by atoms with Crippen molar-refractivity contribution < 1.29 is 18.7 Å². The number of carbonyl (C=O) groups excluding carboxylic acids is 2. The summed E-state index contributed by atoms with van der Waals surface area (Å²) in [5, 5.41) is 6.41. The van der Waals surface area contributed by atoms with Gasteiger partial charge in [0.25, 0.3) is 5.95 Å². The van der Waals surface area contributed by atoms with E-state index in [1.165, 1.54) is 10.9 Å². The summed E-state index contributed by atoms with van der Waals surface area (Å²) in [6, 6.07) is 7.11. The number of hydrogen-bond acceptors (Lipinski definition) is 4. The average molecular weight is 381 g/mol. The molecule has 1 aromatic carbocycles. The molecule has 26 heavy (non-hydrogen) atoms. The maximum absolute atomic E-state index is 13.5. The van der Waals surface area contributed by atoms with Crippen LogP contribution >= 0.6 is 11.6 Å². The zero-order valence-electron chi connectivity index (χ0n) is 14.1. The molecule has 0 saturated carbocycles. The van der Waals surface area contributed by atoms with Gasteiger partial charge >= 0.3 is 0 Å². The number of aromatic nitrogens is 2. The van der Waals surface area contributed by atoms with Gasteiger partial charge in [0.05, 0.1) is 12.8 Å². The van der Waals surface area contributed by atoms with Crippen molar-refractivity contribution in [3.05, 3.63) is 41.4 Å². The fourth-order valence-corrected chi connectivity index (χ4v) is 2.93. The number of anilines is 1. The lowest BCUT2D eigenvalue weighted by Gasteiger charge is -2.47. The third-order valence-corrected chi connectivity index (χ3v) is 4.38. The van der Waals surface area contributed by atoms with E-state index in [-0.39, 0.29) is 23.6 Å². The molecule has 3 rings (SSSR count). The van der Waals surface area contributed by atoms with Crippen LogP contribution in [0.3, 0.4) is 0 Å². The normalized spacial score (nSPS) is 15.3. The Morgan fingerprint density at radius 2 is 2.12 bits per heavy atom. The number of benzene rings is 1. The SMILES string of the molecule is CC1(COc2ccc(Cl)cc2)CN(C(=O)Cn2cc(NC=O)c(F)n2)C1. The summed E-state index contributed by atoms with van der Waals surface area (Å²) in [7, 11) is 0. The number of likely N-dealkylation sites (tertiary alicyclic amines) is 1. The fraction of sp³-hybridized carbons (Fsp3) is 0.353. The molecule has 7 nitrogen and oxygen atoms in total. The molecule has 0 atom stereocenters. The van der Waals surface area contributed by atoms with Gasteiger partial charge in [0.1, 0.15) is 18.0 Å². The first-order valence-corrected chi connectivity index (χ1v) is 8.36. The lowest BCUT2D eigenvalue weighted by atomic mass is 9.83. The first kappa shape index (κ1) is 18.2. The molecule has 2 aromatic rings. The van der Waals surface area contributed by atoms with Gasteiger partial charge in [-0.05, 0) is 24.3 Å². The molecule has 1 aromatic heterocycles. The molecule has 0 radical (unpaired) electrons. The standard InChI is InChI=1S/C17H18ClFN4O3/c1-17(10-26-13-4-2-12(18)3-5-13)8-22(9-17)15(25)7-23-6-14(20-11-24)16(19)21-23/h2-6,11H,7-10H2,1H3,(H,20,24). The number of halogens is 2. The van der Waals surface area contributed by atoms with E-state index in [9.17, 15) is 14.0 Å². The Morgan fingerprint density at radius 3 is 2.77 bits per heavy atom. The van der Waals surface area contributed by atoms with Crippen LogP contribution in [-0.4, -0.2) is 46.7 Å². The minimum Gasteiger partial charge on any atom is -0.493 e. The van der Waals surface area contributed by atoms with Crippen LogP contribution in [0.25, 0.3) is 0 Å². The van der Waals surface area contributed by atoms with Crippen molar-refractivity contribution in [2.24, 2.45) is 5.41 Å². The molecular formula is C17H18ClFN4O3. The predicted octanol–water partition coefficient (Wildman–Crippen LogP) is 2.17. The van der Waals surface area contributed by atoms with Crippen molar-refractivity contribution >= 4 is 29.6 Å². The lowest BCUT2D eigenvalue weighted by Crippen LogP contribution is -2.60. The number of hydrogen-bond donors (Lipinski definition) is 1. The van der Waals surface area contributed by atoms with Crippen LogP contribution in [0.1, 0.15) is 6.92 Å². The van der Waals surface area contributed by atoms with E-state index < -0.39 is 5.95 Å². The summed E-state index contributed by atoms with van der Waals surface area (Å²) in [5.74, 6) is -0.272. The average Bonchev–Trinajstić information content (AvgIpc) is 2.91. The summed E-state index contributed by atoms with van der Waals surface area (Å²) in [6.07, 6.45) is 1.64. The van der Waals surface area contributed by atoms with Gasteiger partial charge in [0.2, 0.25) is 12.3 Å². The van der Waals surface area contributed by atoms with Crippen molar-refractivity contribution in [1.82, 2.24) is 14.7 Å². The number of nitrogens with zero attached hydrogens (tertiary/aromatic N) is 3. The molecule has 1 fully saturated rings. The Bertz CT molecular complexity index is 803. The summed E-state index contributed by atoms with van der Waals surface area (Å²) in [5.41, 5.74) is -0.202. The Kier molecular flexibility index (Phi) is 5.13. The number of amides is 2. The molecule has 0 unspecified atom stereocenters. The second-order valence-electron chi connectivity index (χ2n) is 6.60. The molecule has 1 aliphatic rings. The van der Waals surface area contributed by atoms with E-state index in [0.29, 0.717) is 31.1 Å². The van der Waals surface area contributed by atoms with E-state index in [1.54, 1.807) is 29.2 Å². The largest absolute Gasteiger partial charge is 0.493 e. The number of nitrogens with one attached hydrogen (secondary N) is 1. The topological polar surface area (TPSA) is 76.5 Å². The van der Waals surface area contributed by atoms with Gasteiger partial charge in [-0.2, -0.15) is 4.39 Å². The Morgan fingerprint density at radius 1 is 1.42 bits per heavy atom. The number of ether oxygens (including phenoxy) is 1. The first-order chi connectivity index (χ1) is 12.4. The molecular weight excluding hydrogens is 363 g/mol. The van der Waals surface area contributed by atoms with Crippen LogP contribution in [0.5, 0.6) is 5.75 Å². The van der Waals surface area contributed by atoms with E-state index >= 15 is 0 Å². The van der Waals surface area contributed by atoms with Crippen molar-refractivity contribution in [2.45, 2.75) is 13.5 Å². The molecule has 0 bridgehead atoms. The number of rotatable bonds is 7. The van der Waals surface area contributed by atoms with E-state index in [1.807, 2.05) is 6.92 Å². The zero-order chi connectivity index (χ0) is 18.7. The highest BCUT2D eigenvalue weighted by molar-refractivity contribution is 6.30. The van der Waals surface area contributed by atoms with Gasteiger partial charge in [0, 0.05) is 23.5 Å². The lowest BCUT2D eigenvalue weighted by molar-refractivity contribution is -0.145. The first-order valence-electron chi connectivity index (χ1n) is 7.98. The molecule has 0 spiro atoms. The second-order valence-corrected chi connectivity index (χ2v) is 7.03. The van der Waals surface area contributed by atoms with Crippen molar-refractivity contribution in [1.29, 1.82) is 0 Å². The molecule has 1 saturated heterocycles. The summed E-state index contributed by atoms with van der Waals surface area (Å²) in [4.78, 5) is 24.3. The Labute approximate surface area is 154 Å². The van der Waals surface area contributed by atoms with Crippen LogP contribution in [0, 0.1) is 11.4 Å². The van der Waals surface area contributed by atoms with E-state index in [2.05, 4.69) is 10.4 Å². The molecule has 2 heterocycles. The smallest absolute Gasteiger partial charge is 0.256 e. The summed E-state index contributed by atoms with van der Waals surface area (Å²) < 4.78 is 20.4. The van der Waals surface area contributed by atoms with Gasteiger partial charge in [-0.15, -0.1) is 5.10 Å². The van der Waals surface area contributed by atoms with Gasteiger partial charge in [-0.3, -0.25) is 14.3 Å². The van der Waals surface area contributed by atoms with Crippen LogP contribution in [0.4, 0.5) is 10.1 Å². The molecule has 1 aliphatic heterocycles. The Balaban J connectivity index is 1.48. The van der Waals surface area contributed by atoms with Crippen molar-refractivity contribution in [3.8, 4) is 5.75 Å². The Hall–Kier alpha value is -2.61. The highest BCUT2D eigenvalue weighted by atomic mass is 35.5. The molecule has 138 valence electrons. The van der Waals surface area contributed by atoms with Crippen LogP contribution < -0.4 is 10.1 Å². The molecule has 1 N–H and O–H groups in total. The minimum atomic E-state index is -0.824. The fourth-order valence-electron chi connectivity index (χ4n) is 2.81. The van der Waals surface area contributed by atoms with Gasteiger partial charge < -0.3 is 15.0 Å². The molecule has 0 aliphatic carbocycles. The molecule has 2 amide bonds. The third-order valence-electron chi connectivity index (χ3n) is 4.13. The van der Waals surface area contributed by atoms with Crippen LogP contribution in [-0.2, 0) is 16.1 Å². The van der Waals surface area contributed by atoms with Crippen LogP contribution in [0.15, 0.2) is 30.5 Å². The van der Waals surface area contributed by atoms with Crippen LogP contribution in [0.2, 0.25) is 5.02 Å². The zero-order valence-corrected chi connectivity index (χ0v) is 14.9. The predicted molar refractivity (Wildman–Crippen MR) is 93.5 cm³/mol. The minimum absolute atomic E-state index is 0.0578. The second kappa shape index (κ2) is 7.33. The highest BCUT2D eigenvalue weighted by Gasteiger charge is 2.42. The van der Waals surface area contributed by atoms with Crippen molar-refractivity contribution in [2.75, 3.05) is 25.0 Å². The third kappa shape index (κ3) is 4.13. The van der Waals surface area contributed by atoms with E-state index in [4.69, 9.17) is 16.3 Å². The highest BCUT2D eigenvalue weighted by Crippen LogP contribution is 2.31. The quantitative estimate of drug-likeness (QED) is 0.747. The van der Waals surface area contributed by atoms with Gasteiger partial charge in [-0.1, -0.05) is 18.5 Å². The van der Waals surface area contributed by atoms with Crippen molar-refractivity contribution in [3.63, 3.8) is 0 Å². The van der Waals surface area contributed by atoms with Gasteiger partial charge in [-0.25, -0.2) is 0 Å². The maximum Gasteiger partial charge on any atom is 0.256 e.